The number of aromatic amines is 1. The van der Waals surface area contributed by atoms with E-state index in [0.29, 0.717) is 13.0 Å². The zero-order valence-electron chi connectivity index (χ0n) is 15.1. The van der Waals surface area contributed by atoms with Crippen molar-refractivity contribution in [2.45, 2.75) is 39.5 Å². The Balaban J connectivity index is 1.40. The Morgan fingerprint density at radius 2 is 2.04 bits per heavy atom. The highest BCUT2D eigenvalue weighted by Gasteiger charge is 2.11. The van der Waals surface area contributed by atoms with Gasteiger partial charge in [-0.15, -0.1) is 0 Å². The van der Waals surface area contributed by atoms with Crippen LogP contribution in [0.2, 0.25) is 0 Å². The normalized spacial score (nSPS) is 11.2. The van der Waals surface area contributed by atoms with Gasteiger partial charge in [-0.3, -0.25) is 9.48 Å². The van der Waals surface area contributed by atoms with Gasteiger partial charge in [0.2, 0.25) is 5.91 Å². The first kappa shape index (κ1) is 17.2. The number of hydrogen-bond acceptors (Lipinski definition) is 3. The van der Waals surface area contributed by atoms with Crippen LogP contribution in [0.4, 0.5) is 0 Å². The molecule has 0 saturated heterocycles. The third-order valence-electron chi connectivity index (χ3n) is 4.61. The molecule has 2 heterocycles. The lowest BCUT2D eigenvalue weighted by Crippen LogP contribution is -2.25. The number of aromatic nitrogens is 4. The molecule has 0 unspecified atom stereocenters. The predicted octanol–water partition coefficient (Wildman–Crippen LogP) is 2.59. The monoisotopic (exact) mass is 339 g/mol. The number of nitrogens with one attached hydrogen (secondary N) is 2. The Kier molecular flexibility index (Phi) is 5.16. The molecule has 0 radical (unpaired) electrons. The quantitative estimate of drug-likeness (QED) is 0.650. The summed E-state index contributed by atoms with van der Waals surface area (Å²) in [7, 11) is 1.93. The second-order valence-corrected chi connectivity index (χ2v) is 6.43. The van der Waals surface area contributed by atoms with Gasteiger partial charge in [-0.05, 0) is 44.4 Å². The molecular formula is C19H25N5O. The molecule has 0 atom stereocenters. The van der Waals surface area contributed by atoms with Crippen LogP contribution in [-0.4, -0.2) is 32.2 Å². The smallest absolute Gasteiger partial charge is 0.220 e. The molecule has 0 aliphatic heterocycles. The summed E-state index contributed by atoms with van der Waals surface area (Å²) in [6.07, 6.45) is 2.94. The standard InChI is InChI=1S/C19H25N5O/c1-13-15(14(2)24(3)23-13)10-11-19(25)20-12-6-9-18-21-16-7-4-5-8-17(16)22-18/h4-5,7-8H,6,9-12H2,1-3H3,(H,20,25)(H,21,22). The molecule has 3 rings (SSSR count). The molecule has 0 spiro atoms. The fourth-order valence-corrected chi connectivity index (χ4v) is 3.11. The second kappa shape index (κ2) is 7.51. The van der Waals surface area contributed by atoms with Gasteiger partial charge in [-0.25, -0.2) is 4.98 Å². The number of benzene rings is 1. The lowest BCUT2D eigenvalue weighted by Gasteiger charge is -2.05. The number of rotatable bonds is 7. The van der Waals surface area contributed by atoms with Crippen molar-refractivity contribution in [1.82, 2.24) is 25.1 Å². The van der Waals surface area contributed by atoms with Gasteiger partial charge in [-0.2, -0.15) is 5.10 Å². The summed E-state index contributed by atoms with van der Waals surface area (Å²) in [6, 6.07) is 8.00. The maximum absolute atomic E-state index is 12.0. The molecule has 0 aliphatic carbocycles. The molecular weight excluding hydrogens is 314 g/mol. The number of H-pyrrole nitrogens is 1. The molecule has 3 aromatic rings. The zero-order valence-corrected chi connectivity index (χ0v) is 15.1. The van der Waals surface area contributed by atoms with Crippen molar-refractivity contribution >= 4 is 16.9 Å². The number of carbonyl (C=O) groups is 1. The van der Waals surface area contributed by atoms with Crippen LogP contribution < -0.4 is 5.32 Å². The Bertz CT molecular complexity index is 844. The zero-order chi connectivity index (χ0) is 17.8. The first-order chi connectivity index (χ1) is 12.0. The van der Waals surface area contributed by atoms with Crippen LogP contribution in [0.25, 0.3) is 11.0 Å². The largest absolute Gasteiger partial charge is 0.356 e. The summed E-state index contributed by atoms with van der Waals surface area (Å²) in [5.74, 6) is 1.06. The van der Waals surface area contributed by atoms with Crippen molar-refractivity contribution in [2.75, 3.05) is 6.54 Å². The number of aryl methyl sites for hydroxylation is 3. The molecule has 0 fully saturated rings. The lowest BCUT2D eigenvalue weighted by molar-refractivity contribution is -0.121. The van der Waals surface area contributed by atoms with Crippen molar-refractivity contribution in [3.63, 3.8) is 0 Å². The fourth-order valence-electron chi connectivity index (χ4n) is 3.11. The number of carbonyl (C=O) groups excluding carboxylic acids is 1. The van der Waals surface area contributed by atoms with Crippen molar-refractivity contribution in [3.05, 3.63) is 47.0 Å². The third-order valence-corrected chi connectivity index (χ3v) is 4.61. The Hall–Kier alpha value is -2.63. The van der Waals surface area contributed by atoms with E-state index in [0.717, 1.165) is 47.5 Å². The van der Waals surface area contributed by atoms with E-state index in [4.69, 9.17) is 0 Å². The van der Waals surface area contributed by atoms with Gasteiger partial charge in [0.15, 0.2) is 0 Å². The summed E-state index contributed by atoms with van der Waals surface area (Å²) in [6.45, 7) is 4.70. The lowest BCUT2D eigenvalue weighted by atomic mass is 10.1. The van der Waals surface area contributed by atoms with Gasteiger partial charge >= 0.3 is 0 Å². The highest BCUT2D eigenvalue weighted by Crippen LogP contribution is 2.14. The van der Waals surface area contributed by atoms with Crippen molar-refractivity contribution in [1.29, 1.82) is 0 Å². The second-order valence-electron chi connectivity index (χ2n) is 6.43. The highest BCUT2D eigenvalue weighted by molar-refractivity contribution is 5.76. The minimum Gasteiger partial charge on any atom is -0.356 e. The minimum absolute atomic E-state index is 0.0901. The first-order valence-corrected chi connectivity index (χ1v) is 8.74. The molecule has 0 bridgehead atoms. The van der Waals surface area contributed by atoms with E-state index in [2.05, 4.69) is 20.4 Å². The molecule has 0 saturated carbocycles. The number of amides is 1. The maximum Gasteiger partial charge on any atom is 0.220 e. The van der Waals surface area contributed by atoms with Crippen LogP contribution in [0.15, 0.2) is 24.3 Å². The van der Waals surface area contributed by atoms with Gasteiger partial charge in [0.05, 0.1) is 16.7 Å². The molecule has 1 aromatic carbocycles. The van der Waals surface area contributed by atoms with Crippen molar-refractivity contribution in [3.8, 4) is 0 Å². The molecule has 2 N–H and O–H groups in total. The van der Waals surface area contributed by atoms with E-state index in [-0.39, 0.29) is 5.91 Å². The molecule has 25 heavy (non-hydrogen) atoms. The molecule has 2 aromatic heterocycles. The predicted molar refractivity (Wildman–Crippen MR) is 98.4 cm³/mol. The third kappa shape index (κ3) is 4.07. The number of hydrogen-bond donors (Lipinski definition) is 2. The van der Waals surface area contributed by atoms with Crippen LogP contribution in [0, 0.1) is 13.8 Å². The summed E-state index contributed by atoms with van der Waals surface area (Å²) in [4.78, 5) is 19.9. The van der Waals surface area contributed by atoms with Gasteiger partial charge in [0, 0.05) is 32.1 Å². The summed E-state index contributed by atoms with van der Waals surface area (Å²) < 4.78 is 1.87. The van der Waals surface area contributed by atoms with E-state index >= 15 is 0 Å². The molecule has 0 aliphatic rings. The number of imidazole rings is 1. The van der Waals surface area contributed by atoms with Crippen molar-refractivity contribution in [2.24, 2.45) is 7.05 Å². The molecule has 6 nitrogen and oxygen atoms in total. The fraction of sp³-hybridized carbons (Fsp3) is 0.421. The number of nitrogens with zero attached hydrogens (tertiary/aromatic N) is 3. The van der Waals surface area contributed by atoms with E-state index in [1.165, 1.54) is 5.56 Å². The first-order valence-electron chi connectivity index (χ1n) is 8.74. The van der Waals surface area contributed by atoms with Gasteiger partial charge in [0.1, 0.15) is 5.82 Å². The highest BCUT2D eigenvalue weighted by atomic mass is 16.1. The average molecular weight is 339 g/mol. The summed E-state index contributed by atoms with van der Waals surface area (Å²) in [5, 5.41) is 7.38. The number of fused-ring (bicyclic) bond motifs is 1. The topological polar surface area (TPSA) is 75.6 Å². The van der Waals surface area contributed by atoms with Gasteiger partial charge in [0.25, 0.3) is 0 Å². The maximum atomic E-state index is 12.0. The van der Waals surface area contributed by atoms with Crippen LogP contribution in [-0.2, 0) is 24.7 Å². The van der Waals surface area contributed by atoms with Gasteiger partial charge in [-0.1, -0.05) is 12.1 Å². The summed E-state index contributed by atoms with van der Waals surface area (Å²) >= 11 is 0. The Labute approximate surface area is 147 Å². The van der Waals surface area contributed by atoms with E-state index < -0.39 is 0 Å². The minimum atomic E-state index is 0.0901. The Morgan fingerprint density at radius 3 is 2.76 bits per heavy atom. The molecule has 1 amide bonds. The van der Waals surface area contributed by atoms with Crippen molar-refractivity contribution < 1.29 is 4.79 Å². The molecule has 132 valence electrons. The van der Waals surface area contributed by atoms with Gasteiger partial charge < -0.3 is 10.3 Å². The number of para-hydroxylation sites is 2. The summed E-state index contributed by atoms with van der Waals surface area (Å²) in [5.41, 5.74) is 5.38. The van der Waals surface area contributed by atoms with E-state index in [1.54, 1.807) is 0 Å². The van der Waals surface area contributed by atoms with Crippen LogP contribution in [0.5, 0.6) is 0 Å². The van der Waals surface area contributed by atoms with Crippen LogP contribution in [0.3, 0.4) is 0 Å². The van der Waals surface area contributed by atoms with Crippen LogP contribution in [0.1, 0.15) is 35.6 Å². The van der Waals surface area contributed by atoms with E-state index in [9.17, 15) is 4.79 Å². The van der Waals surface area contributed by atoms with E-state index in [1.807, 2.05) is 49.8 Å². The molecule has 6 heteroatoms. The Morgan fingerprint density at radius 1 is 1.24 bits per heavy atom. The SMILES string of the molecule is Cc1nn(C)c(C)c1CCC(=O)NCCCc1nc2ccccc2[nH]1. The average Bonchev–Trinajstić information content (AvgIpc) is 3.11. The van der Waals surface area contributed by atoms with Crippen LogP contribution >= 0.6 is 0 Å².